The number of hydrogen-bond donors (Lipinski definition) is 1. The molecule has 0 aromatic heterocycles. The Morgan fingerprint density at radius 2 is 1.74 bits per heavy atom. The molecular formula is C22H27N3O2. The van der Waals surface area contributed by atoms with Crippen molar-refractivity contribution in [3.05, 3.63) is 71.3 Å². The highest BCUT2D eigenvalue weighted by Gasteiger charge is 2.23. The Balaban J connectivity index is 1.50. The second-order valence-corrected chi connectivity index (χ2v) is 7.23. The number of likely N-dealkylation sites (tertiary alicyclic amines) is 1. The summed E-state index contributed by atoms with van der Waals surface area (Å²) in [6.45, 7) is 1.96. The first kappa shape index (κ1) is 19.0. The summed E-state index contributed by atoms with van der Waals surface area (Å²) in [4.78, 5) is 28.0. The number of nitrogens with one attached hydrogen (secondary N) is 1. The van der Waals surface area contributed by atoms with Crippen LogP contribution in [0.4, 0.5) is 4.79 Å². The van der Waals surface area contributed by atoms with Gasteiger partial charge in [-0.05, 0) is 42.0 Å². The normalized spacial score (nSPS) is 14.7. The number of amides is 3. The van der Waals surface area contributed by atoms with Gasteiger partial charge in [0.1, 0.15) is 0 Å². The van der Waals surface area contributed by atoms with Crippen LogP contribution in [-0.2, 0) is 6.54 Å². The molecule has 2 aromatic rings. The van der Waals surface area contributed by atoms with Gasteiger partial charge < -0.3 is 15.1 Å². The van der Waals surface area contributed by atoms with Crippen LogP contribution in [0, 0.1) is 0 Å². The van der Waals surface area contributed by atoms with Gasteiger partial charge in [0, 0.05) is 39.3 Å². The first-order chi connectivity index (χ1) is 13.0. The number of benzene rings is 2. The van der Waals surface area contributed by atoms with Crippen molar-refractivity contribution >= 4 is 11.9 Å². The van der Waals surface area contributed by atoms with E-state index in [1.165, 1.54) is 5.56 Å². The predicted molar refractivity (Wildman–Crippen MR) is 107 cm³/mol. The standard InChI is InChI=1S/C22H27N3O2/c1-24(2)21(26)20-10-6-7-17(15-20)16-23-22(27)25-13-11-19(12-14-25)18-8-4-3-5-9-18/h3-10,15,19H,11-14,16H2,1-2H3,(H,23,27). The molecule has 1 heterocycles. The maximum absolute atomic E-state index is 12.5. The van der Waals surface area contributed by atoms with E-state index in [-0.39, 0.29) is 11.9 Å². The maximum atomic E-state index is 12.5. The molecule has 3 rings (SSSR count). The third kappa shape index (κ3) is 4.88. The highest BCUT2D eigenvalue weighted by molar-refractivity contribution is 5.94. The van der Waals surface area contributed by atoms with Crippen LogP contribution >= 0.6 is 0 Å². The number of carbonyl (C=O) groups is 2. The number of hydrogen-bond acceptors (Lipinski definition) is 2. The van der Waals surface area contributed by atoms with Crippen molar-refractivity contribution in [3.63, 3.8) is 0 Å². The van der Waals surface area contributed by atoms with Gasteiger partial charge >= 0.3 is 6.03 Å². The van der Waals surface area contributed by atoms with Crippen LogP contribution < -0.4 is 5.32 Å². The zero-order chi connectivity index (χ0) is 19.2. The minimum atomic E-state index is -0.0362. The molecule has 5 heteroatoms. The molecular weight excluding hydrogens is 338 g/mol. The molecule has 27 heavy (non-hydrogen) atoms. The van der Waals surface area contributed by atoms with E-state index in [0.29, 0.717) is 18.0 Å². The van der Waals surface area contributed by atoms with E-state index in [1.54, 1.807) is 25.1 Å². The Kier molecular flexibility index (Phi) is 6.12. The number of piperidine rings is 1. The second kappa shape index (κ2) is 8.71. The Morgan fingerprint density at radius 3 is 2.41 bits per heavy atom. The molecule has 0 atom stereocenters. The van der Waals surface area contributed by atoms with E-state index in [0.717, 1.165) is 31.5 Å². The molecule has 1 fully saturated rings. The zero-order valence-corrected chi connectivity index (χ0v) is 16.0. The summed E-state index contributed by atoms with van der Waals surface area (Å²) in [5.41, 5.74) is 2.92. The average molecular weight is 365 g/mol. The molecule has 0 spiro atoms. The van der Waals surface area contributed by atoms with Crippen molar-refractivity contribution in [1.29, 1.82) is 0 Å². The zero-order valence-electron chi connectivity index (χ0n) is 16.0. The molecule has 0 radical (unpaired) electrons. The van der Waals surface area contributed by atoms with Gasteiger partial charge in [0.15, 0.2) is 0 Å². The van der Waals surface area contributed by atoms with Crippen LogP contribution in [0.15, 0.2) is 54.6 Å². The third-order valence-corrected chi connectivity index (χ3v) is 5.08. The predicted octanol–water partition coefficient (Wildman–Crippen LogP) is 3.48. The van der Waals surface area contributed by atoms with E-state index < -0.39 is 0 Å². The Morgan fingerprint density at radius 1 is 1.04 bits per heavy atom. The third-order valence-electron chi connectivity index (χ3n) is 5.08. The first-order valence-electron chi connectivity index (χ1n) is 9.43. The quantitative estimate of drug-likeness (QED) is 0.902. The van der Waals surface area contributed by atoms with E-state index in [9.17, 15) is 9.59 Å². The monoisotopic (exact) mass is 365 g/mol. The van der Waals surface area contributed by atoms with Gasteiger partial charge in [0.25, 0.3) is 5.91 Å². The van der Waals surface area contributed by atoms with Crippen molar-refractivity contribution in [2.45, 2.75) is 25.3 Å². The van der Waals surface area contributed by atoms with Gasteiger partial charge in [-0.2, -0.15) is 0 Å². The van der Waals surface area contributed by atoms with Crippen molar-refractivity contribution < 1.29 is 9.59 Å². The number of urea groups is 1. The lowest BCUT2D eigenvalue weighted by atomic mass is 9.90. The van der Waals surface area contributed by atoms with Crippen LogP contribution in [0.1, 0.15) is 40.2 Å². The van der Waals surface area contributed by atoms with Crippen molar-refractivity contribution in [1.82, 2.24) is 15.1 Å². The summed E-state index contributed by atoms with van der Waals surface area (Å²) in [5.74, 6) is 0.495. The minimum absolute atomic E-state index is 0.0360. The van der Waals surface area contributed by atoms with Crippen LogP contribution in [0.2, 0.25) is 0 Å². The summed E-state index contributed by atoms with van der Waals surface area (Å²) in [6, 6.07) is 17.9. The van der Waals surface area contributed by atoms with E-state index >= 15 is 0 Å². The molecule has 0 bridgehead atoms. The van der Waals surface area contributed by atoms with Crippen molar-refractivity contribution in [3.8, 4) is 0 Å². The smallest absolute Gasteiger partial charge is 0.317 e. The van der Waals surface area contributed by atoms with Crippen LogP contribution in [-0.4, -0.2) is 48.9 Å². The molecule has 1 saturated heterocycles. The summed E-state index contributed by atoms with van der Waals surface area (Å²) in [6.07, 6.45) is 1.98. The van der Waals surface area contributed by atoms with E-state index in [4.69, 9.17) is 0 Å². The molecule has 0 unspecified atom stereocenters. The van der Waals surface area contributed by atoms with Crippen molar-refractivity contribution in [2.75, 3.05) is 27.2 Å². The largest absolute Gasteiger partial charge is 0.345 e. The summed E-state index contributed by atoms with van der Waals surface area (Å²) >= 11 is 0. The fourth-order valence-corrected chi connectivity index (χ4v) is 3.50. The maximum Gasteiger partial charge on any atom is 0.317 e. The molecule has 1 aliphatic heterocycles. The topological polar surface area (TPSA) is 52.7 Å². The summed E-state index contributed by atoms with van der Waals surface area (Å²) in [7, 11) is 3.46. The molecule has 142 valence electrons. The van der Waals surface area contributed by atoms with Gasteiger partial charge in [0.05, 0.1) is 0 Å². The fourth-order valence-electron chi connectivity index (χ4n) is 3.50. The lowest BCUT2D eigenvalue weighted by Crippen LogP contribution is -2.43. The fraction of sp³-hybridized carbons (Fsp3) is 0.364. The Bertz CT molecular complexity index is 781. The summed E-state index contributed by atoms with van der Waals surface area (Å²) < 4.78 is 0. The second-order valence-electron chi connectivity index (χ2n) is 7.23. The molecule has 5 nitrogen and oxygen atoms in total. The molecule has 3 amide bonds. The van der Waals surface area contributed by atoms with Gasteiger partial charge in [-0.1, -0.05) is 42.5 Å². The van der Waals surface area contributed by atoms with Gasteiger partial charge in [-0.25, -0.2) is 4.79 Å². The molecule has 1 aliphatic rings. The number of rotatable bonds is 4. The number of nitrogens with zero attached hydrogens (tertiary/aromatic N) is 2. The van der Waals surface area contributed by atoms with Gasteiger partial charge in [0.2, 0.25) is 0 Å². The number of carbonyl (C=O) groups excluding carboxylic acids is 2. The molecule has 0 saturated carbocycles. The van der Waals surface area contributed by atoms with Gasteiger partial charge in [-0.3, -0.25) is 4.79 Å². The van der Waals surface area contributed by atoms with E-state index in [2.05, 4.69) is 29.6 Å². The highest BCUT2D eigenvalue weighted by Crippen LogP contribution is 2.27. The molecule has 1 N–H and O–H groups in total. The lowest BCUT2D eigenvalue weighted by Gasteiger charge is -2.32. The van der Waals surface area contributed by atoms with Crippen LogP contribution in [0.3, 0.4) is 0 Å². The highest BCUT2D eigenvalue weighted by atomic mass is 16.2. The van der Waals surface area contributed by atoms with Crippen LogP contribution in [0.25, 0.3) is 0 Å². The molecule has 2 aromatic carbocycles. The van der Waals surface area contributed by atoms with Crippen LogP contribution in [0.5, 0.6) is 0 Å². The first-order valence-corrected chi connectivity index (χ1v) is 9.43. The molecule has 0 aliphatic carbocycles. The van der Waals surface area contributed by atoms with Crippen molar-refractivity contribution in [2.24, 2.45) is 0 Å². The Labute approximate surface area is 161 Å². The Hall–Kier alpha value is -2.82. The SMILES string of the molecule is CN(C)C(=O)c1cccc(CNC(=O)N2CCC(c3ccccc3)CC2)c1. The lowest BCUT2D eigenvalue weighted by molar-refractivity contribution is 0.0827. The summed E-state index contributed by atoms with van der Waals surface area (Å²) in [5, 5.41) is 2.98. The average Bonchev–Trinajstić information content (AvgIpc) is 2.72. The van der Waals surface area contributed by atoms with Gasteiger partial charge in [-0.15, -0.1) is 0 Å². The van der Waals surface area contributed by atoms with E-state index in [1.807, 2.05) is 29.2 Å². The minimum Gasteiger partial charge on any atom is -0.345 e.